The summed E-state index contributed by atoms with van der Waals surface area (Å²) in [6.07, 6.45) is 0. The van der Waals surface area contributed by atoms with Crippen molar-refractivity contribution in [1.29, 1.82) is 0 Å². The minimum atomic E-state index is -0.429. The number of thiazole rings is 1. The molecule has 0 saturated carbocycles. The van der Waals surface area contributed by atoms with Crippen molar-refractivity contribution in [2.75, 3.05) is 0 Å². The second-order valence-corrected chi connectivity index (χ2v) is 4.28. The van der Waals surface area contributed by atoms with Crippen LogP contribution in [0, 0.1) is 5.26 Å². The first kappa shape index (κ1) is 9.47. The summed E-state index contributed by atoms with van der Waals surface area (Å²) in [5, 5.41) is 1.25. The summed E-state index contributed by atoms with van der Waals surface area (Å²) >= 11 is 0.987. The molecule has 0 fully saturated rings. The highest BCUT2D eigenvalue weighted by molar-refractivity contribution is 7.08. The fourth-order valence-electron chi connectivity index (χ4n) is 1.73. The average Bonchev–Trinajstić information content (AvgIpc) is 2.84. The number of hydrogen-bond acceptors (Lipinski definition) is 3. The third-order valence-electron chi connectivity index (χ3n) is 2.49. The number of aryl methyl sites for hydroxylation is 1. The van der Waals surface area contributed by atoms with E-state index in [0.29, 0.717) is 11.5 Å². The summed E-state index contributed by atoms with van der Waals surface area (Å²) in [7, 11) is 1.90. The Balaban J connectivity index is 2.28. The number of imidazole rings is 1. The number of rotatable bonds is 1. The normalized spacial score (nSPS) is 11.1. The number of aromatic nitrogens is 3. The van der Waals surface area contributed by atoms with Crippen LogP contribution in [0.2, 0.25) is 0 Å². The SMILES string of the molecule is Cn1c(-c2csc([18F])n2)nc2ccccc21. The molecule has 0 bridgehead atoms. The van der Waals surface area contributed by atoms with Gasteiger partial charge in [-0.1, -0.05) is 23.5 Å². The van der Waals surface area contributed by atoms with Crippen molar-refractivity contribution in [3.63, 3.8) is 0 Å². The largest absolute Gasteiger partial charge is 0.326 e. The van der Waals surface area contributed by atoms with Gasteiger partial charge in [0.05, 0.1) is 11.0 Å². The van der Waals surface area contributed by atoms with Crippen molar-refractivity contribution in [2.45, 2.75) is 0 Å². The topological polar surface area (TPSA) is 30.7 Å². The zero-order chi connectivity index (χ0) is 11.1. The van der Waals surface area contributed by atoms with Crippen LogP contribution in [0.5, 0.6) is 0 Å². The monoisotopic (exact) mass is 232 g/mol. The molecule has 2 aromatic heterocycles. The van der Waals surface area contributed by atoms with Gasteiger partial charge in [0.25, 0.3) is 5.26 Å². The van der Waals surface area contributed by atoms with Crippen LogP contribution in [0.15, 0.2) is 29.6 Å². The standard InChI is InChI=1S/C11H8FN3S/c1-15-9-5-3-2-4-7(9)13-10(15)8-6-16-11(12)14-8/h2-6H,1H3/i12-1. The first-order chi connectivity index (χ1) is 7.75. The highest BCUT2D eigenvalue weighted by atomic mass is 32.1. The lowest BCUT2D eigenvalue weighted by Gasteiger charge is -1.97. The van der Waals surface area contributed by atoms with Gasteiger partial charge in [0.2, 0.25) is 0 Å². The van der Waals surface area contributed by atoms with Crippen molar-refractivity contribution < 1.29 is 4.39 Å². The first-order valence-electron chi connectivity index (χ1n) is 4.78. The number of fused-ring (bicyclic) bond motifs is 1. The van der Waals surface area contributed by atoms with Gasteiger partial charge in [0.15, 0.2) is 5.82 Å². The summed E-state index contributed by atoms with van der Waals surface area (Å²) in [5.74, 6) is 0.696. The molecule has 16 heavy (non-hydrogen) atoms. The van der Waals surface area contributed by atoms with Crippen LogP contribution < -0.4 is 0 Å². The second kappa shape index (κ2) is 3.38. The predicted octanol–water partition coefficient (Wildman–Crippen LogP) is 2.84. The minimum absolute atomic E-state index is 0.429. The molecule has 0 spiro atoms. The number of para-hydroxylation sites is 2. The Bertz CT molecular complexity index is 656. The van der Waals surface area contributed by atoms with Crippen molar-refractivity contribution in [3.05, 3.63) is 34.9 Å². The van der Waals surface area contributed by atoms with Crippen molar-refractivity contribution in [2.24, 2.45) is 7.05 Å². The molecular formula is C11H8FN3S. The molecule has 0 aliphatic rings. The van der Waals surface area contributed by atoms with Gasteiger partial charge in [-0.05, 0) is 12.1 Å². The summed E-state index contributed by atoms with van der Waals surface area (Å²) in [4.78, 5) is 8.24. The van der Waals surface area contributed by atoms with Gasteiger partial charge in [-0.15, -0.1) is 0 Å². The zero-order valence-corrected chi connectivity index (χ0v) is 9.33. The molecule has 5 heteroatoms. The van der Waals surface area contributed by atoms with E-state index in [1.807, 2.05) is 35.9 Å². The third-order valence-corrected chi connectivity index (χ3v) is 3.12. The molecule has 0 N–H and O–H groups in total. The van der Waals surface area contributed by atoms with E-state index in [4.69, 9.17) is 0 Å². The molecule has 3 nitrogen and oxygen atoms in total. The molecule has 1 aromatic carbocycles. The van der Waals surface area contributed by atoms with Gasteiger partial charge < -0.3 is 4.57 Å². The summed E-state index contributed by atoms with van der Waals surface area (Å²) in [6.45, 7) is 0. The van der Waals surface area contributed by atoms with Crippen LogP contribution in [-0.2, 0) is 7.05 Å². The van der Waals surface area contributed by atoms with Crippen molar-refractivity contribution in [3.8, 4) is 11.5 Å². The van der Waals surface area contributed by atoms with Crippen LogP contribution >= 0.6 is 11.3 Å². The molecule has 2 heterocycles. The summed E-state index contributed by atoms with van der Waals surface area (Å²) < 4.78 is 14.8. The van der Waals surface area contributed by atoms with Crippen LogP contribution in [-0.4, -0.2) is 14.5 Å². The van der Waals surface area contributed by atoms with E-state index in [0.717, 1.165) is 22.4 Å². The molecule has 0 atom stereocenters. The van der Waals surface area contributed by atoms with E-state index < -0.39 is 5.26 Å². The molecule has 0 amide bonds. The van der Waals surface area contributed by atoms with Gasteiger partial charge in [-0.2, -0.15) is 4.39 Å². The lowest BCUT2D eigenvalue weighted by atomic mass is 10.3. The molecule has 0 aliphatic heterocycles. The molecular weight excluding hydrogens is 224 g/mol. The number of hydrogen-bond donors (Lipinski definition) is 0. The van der Waals surface area contributed by atoms with E-state index >= 15 is 0 Å². The first-order valence-corrected chi connectivity index (χ1v) is 5.66. The van der Waals surface area contributed by atoms with E-state index in [1.165, 1.54) is 0 Å². The maximum Gasteiger partial charge on any atom is 0.269 e. The Kier molecular flexibility index (Phi) is 2.00. The smallest absolute Gasteiger partial charge is 0.269 e. The average molecular weight is 232 g/mol. The molecule has 0 aliphatic carbocycles. The quantitative estimate of drug-likeness (QED) is 0.646. The fourth-order valence-corrected chi connectivity index (χ4v) is 2.25. The maximum absolute atomic E-state index is 12.9. The highest BCUT2D eigenvalue weighted by Gasteiger charge is 2.12. The number of nitrogens with zero attached hydrogens (tertiary/aromatic N) is 3. The van der Waals surface area contributed by atoms with Crippen LogP contribution in [0.4, 0.5) is 4.39 Å². The van der Waals surface area contributed by atoms with E-state index in [-0.39, 0.29) is 0 Å². The Morgan fingerprint density at radius 1 is 1.25 bits per heavy atom. The molecule has 0 unspecified atom stereocenters. The second-order valence-electron chi connectivity index (χ2n) is 3.47. The van der Waals surface area contributed by atoms with Gasteiger partial charge in [-0.25, -0.2) is 9.97 Å². The Morgan fingerprint density at radius 2 is 2.06 bits per heavy atom. The molecule has 0 radical (unpaired) electrons. The minimum Gasteiger partial charge on any atom is -0.326 e. The Labute approximate surface area is 95.2 Å². The van der Waals surface area contributed by atoms with Crippen LogP contribution in [0.3, 0.4) is 0 Å². The van der Waals surface area contributed by atoms with Crippen molar-refractivity contribution >= 4 is 22.4 Å². The lowest BCUT2D eigenvalue weighted by Crippen LogP contribution is -1.92. The maximum atomic E-state index is 12.9. The molecule has 0 saturated heterocycles. The van der Waals surface area contributed by atoms with Gasteiger partial charge in [0, 0.05) is 12.4 Å². The summed E-state index contributed by atoms with van der Waals surface area (Å²) in [5.41, 5.74) is 2.50. The predicted molar refractivity (Wildman–Crippen MR) is 61.8 cm³/mol. The van der Waals surface area contributed by atoms with Gasteiger partial charge in [-0.3, -0.25) is 0 Å². The molecule has 3 aromatic rings. The molecule has 3 rings (SSSR count). The van der Waals surface area contributed by atoms with E-state index in [2.05, 4.69) is 9.97 Å². The fraction of sp³-hybridized carbons (Fsp3) is 0.0909. The Hall–Kier alpha value is -1.75. The van der Waals surface area contributed by atoms with Crippen molar-refractivity contribution in [1.82, 2.24) is 14.5 Å². The Morgan fingerprint density at radius 3 is 2.75 bits per heavy atom. The van der Waals surface area contributed by atoms with Gasteiger partial charge in [0.1, 0.15) is 5.69 Å². The number of halogens is 1. The zero-order valence-electron chi connectivity index (χ0n) is 8.51. The lowest BCUT2D eigenvalue weighted by molar-refractivity contribution is 0.617. The summed E-state index contributed by atoms with van der Waals surface area (Å²) in [6, 6.07) is 7.80. The van der Waals surface area contributed by atoms with E-state index in [9.17, 15) is 4.39 Å². The van der Waals surface area contributed by atoms with Crippen LogP contribution in [0.1, 0.15) is 0 Å². The van der Waals surface area contributed by atoms with Gasteiger partial charge >= 0.3 is 0 Å². The third kappa shape index (κ3) is 1.32. The highest BCUT2D eigenvalue weighted by Crippen LogP contribution is 2.24. The van der Waals surface area contributed by atoms with Crippen LogP contribution in [0.25, 0.3) is 22.6 Å². The van der Waals surface area contributed by atoms with E-state index in [1.54, 1.807) is 5.38 Å². The number of benzene rings is 1. The molecule has 80 valence electrons.